The van der Waals surface area contributed by atoms with Crippen LogP contribution in [-0.2, 0) is 4.79 Å². The molecule has 0 aliphatic heterocycles. The summed E-state index contributed by atoms with van der Waals surface area (Å²) >= 11 is 3.65. The molecule has 0 saturated heterocycles. The third kappa shape index (κ3) is 2.72. The molecule has 2 atom stereocenters. The monoisotopic (exact) mass is 327 g/mol. The lowest BCUT2D eigenvalue weighted by molar-refractivity contribution is -0.125. The molecule has 3 rings (SSSR count). The van der Waals surface area contributed by atoms with Gasteiger partial charge in [0.25, 0.3) is 0 Å². The Hall–Kier alpha value is -0.0500. The molecule has 3 saturated carbocycles. The first kappa shape index (κ1) is 13.9. The zero-order chi connectivity index (χ0) is 13.5. The van der Waals surface area contributed by atoms with Crippen molar-refractivity contribution in [3.05, 3.63) is 0 Å². The Morgan fingerprint density at radius 3 is 2.26 bits per heavy atom. The standard InChI is InChI=1S/C16H26BrNO/c1-11-6-8-16(10-17,9-7-11)18-15(19)14-12-4-2-3-5-13(12)14/h11-14H,2-10H2,1H3,(H,18,19). The second-order valence-corrected chi connectivity index (χ2v) is 7.78. The summed E-state index contributed by atoms with van der Waals surface area (Å²) in [5.74, 6) is 3.00. The molecule has 108 valence electrons. The first-order valence-electron chi connectivity index (χ1n) is 8.03. The van der Waals surface area contributed by atoms with Crippen LogP contribution in [0.2, 0.25) is 0 Å². The van der Waals surface area contributed by atoms with E-state index >= 15 is 0 Å². The van der Waals surface area contributed by atoms with Crippen molar-refractivity contribution >= 4 is 21.8 Å². The van der Waals surface area contributed by atoms with Gasteiger partial charge in [0.2, 0.25) is 5.91 Å². The van der Waals surface area contributed by atoms with Crippen LogP contribution in [0.3, 0.4) is 0 Å². The van der Waals surface area contributed by atoms with Crippen LogP contribution in [0.4, 0.5) is 0 Å². The lowest BCUT2D eigenvalue weighted by Crippen LogP contribution is -2.52. The number of carbonyl (C=O) groups excluding carboxylic acids is 1. The highest BCUT2D eigenvalue weighted by atomic mass is 79.9. The average molecular weight is 328 g/mol. The number of halogens is 1. The number of hydrogen-bond donors (Lipinski definition) is 1. The molecule has 1 amide bonds. The van der Waals surface area contributed by atoms with E-state index in [1.54, 1.807) is 0 Å². The van der Waals surface area contributed by atoms with Gasteiger partial charge in [-0.2, -0.15) is 0 Å². The van der Waals surface area contributed by atoms with E-state index in [-0.39, 0.29) is 5.54 Å². The third-order valence-electron chi connectivity index (χ3n) is 5.83. The highest BCUT2D eigenvalue weighted by Gasteiger charge is 2.55. The first-order valence-corrected chi connectivity index (χ1v) is 9.15. The number of alkyl halides is 1. The Balaban J connectivity index is 1.59. The molecule has 0 heterocycles. The minimum absolute atomic E-state index is 0.0509. The Morgan fingerprint density at radius 1 is 1.16 bits per heavy atom. The van der Waals surface area contributed by atoms with Gasteiger partial charge in [-0.15, -0.1) is 0 Å². The van der Waals surface area contributed by atoms with Gasteiger partial charge in [0.1, 0.15) is 0 Å². The van der Waals surface area contributed by atoms with Crippen molar-refractivity contribution in [2.75, 3.05) is 5.33 Å². The number of nitrogens with one attached hydrogen (secondary N) is 1. The van der Waals surface area contributed by atoms with Crippen molar-refractivity contribution in [1.29, 1.82) is 0 Å². The van der Waals surface area contributed by atoms with Crippen LogP contribution in [0, 0.1) is 23.7 Å². The fourth-order valence-electron chi connectivity index (χ4n) is 4.33. The van der Waals surface area contributed by atoms with Gasteiger partial charge in [-0.1, -0.05) is 35.7 Å². The number of amides is 1. The van der Waals surface area contributed by atoms with Crippen molar-refractivity contribution in [3.63, 3.8) is 0 Å². The molecule has 0 radical (unpaired) electrons. The zero-order valence-corrected chi connectivity index (χ0v) is 13.5. The molecule has 0 aromatic heterocycles. The van der Waals surface area contributed by atoms with E-state index in [0.717, 1.165) is 35.9 Å². The van der Waals surface area contributed by atoms with Crippen molar-refractivity contribution in [1.82, 2.24) is 5.32 Å². The molecule has 0 spiro atoms. The van der Waals surface area contributed by atoms with Crippen molar-refractivity contribution in [3.8, 4) is 0 Å². The van der Waals surface area contributed by atoms with E-state index in [1.807, 2.05) is 0 Å². The van der Waals surface area contributed by atoms with Crippen molar-refractivity contribution in [2.24, 2.45) is 23.7 Å². The van der Waals surface area contributed by atoms with Crippen LogP contribution >= 0.6 is 15.9 Å². The maximum Gasteiger partial charge on any atom is 0.224 e. The molecule has 2 nitrogen and oxygen atoms in total. The Morgan fingerprint density at radius 2 is 1.74 bits per heavy atom. The summed E-state index contributed by atoms with van der Waals surface area (Å²) in [7, 11) is 0. The Bertz CT molecular complexity index is 337. The Labute approximate surface area is 125 Å². The minimum atomic E-state index is 0.0509. The van der Waals surface area contributed by atoms with Gasteiger partial charge in [-0.05, 0) is 56.3 Å². The van der Waals surface area contributed by atoms with Crippen LogP contribution in [0.1, 0.15) is 58.3 Å². The molecule has 1 N–H and O–H groups in total. The molecular formula is C16H26BrNO. The molecule has 0 aromatic rings. The average Bonchev–Trinajstić information content (AvgIpc) is 3.16. The summed E-state index contributed by atoms with van der Waals surface area (Å²) in [4.78, 5) is 12.6. The maximum atomic E-state index is 12.6. The predicted octanol–water partition coefficient (Wildman–Crippen LogP) is 3.88. The lowest BCUT2D eigenvalue weighted by atomic mass is 9.78. The van der Waals surface area contributed by atoms with E-state index in [2.05, 4.69) is 28.2 Å². The van der Waals surface area contributed by atoms with Gasteiger partial charge in [0.15, 0.2) is 0 Å². The summed E-state index contributed by atoms with van der Waals surface area (Å²) in [6, 6.07) is 0. The van der Waals surface area contributed by atoms with Crippen LogP contribution in [-0.4, -0.2) is 16.8 Å². The van der Waals surface area contributed by atoms with Crippen LogP contribution < -0.4 is 5.32 Å². The van der Waals surface area contributed by atoms with Gasteiger partial charge in [-0.3, -0.25) is 4.79 Å². The fraction of sp³-hybridized carbons (Fsp3) is 0.938. The molecule has 3 heteroatoms. The second kappa shape index (κ2) is 5.38. The fourth-order valence-corrected chi connectivity index (χ4v) is 5.03. The molecule has 2 unspecified atom stereocenters. The van der Waals surface area contributed by atoms with Gasteiger partial charge in [0, 0.05) is 16.8 Å². The molecule has 0 aromatic carbocycles. The first-order chi connectivity index (χ1) is 9.15. The predicted molar refractivity (Wildman–Crippen MR) is 81.2 cm³/mol. The molecule has 0 bridgehead atoms. The van der Waals surface area contributed by atoms with Crippen molar-refractivity contribution < 1.29 is 4.79 Å². The van der Waals surface area contributed by atoms with E-state index in [1.165, 1.54) is 38.5 Å². The summed E-state index contributed by atoms with van der Waals surface area (Å²) < 4.78 is 0. The molecule has 3 fully saturated rings. The normalized spacial score (nSPS) is 45.4. The van der Waals surface area contributed by atoms with Gasteiger partial charge >= 0.3 is 0 Å². The number of carbonyl (C=O) groups is 1. The summed E-state index contributed by atoms with van der Waals surface area (Å²) in [6.07, 6.45) is 10.1. The van der Waals surface area contributed by atoms with E-state index < -0.39 is 0 Å². The summed E-state index contributed by atoms with van der Waals surface area (Å²) in [5, 5.41) is 4.35. The van der Waals surface area contributed by atoms with Crippen molar-refractivity contribution in [2.45, 2.75) is 63.8 Å². The summed E-state index contributed by atoms with van der Waals surface area (Å²) in [5.41, 5.74) is 0.0509. The number of rotatable bonds is 3. The van der Waals surface area contributed by atoms with Gasteiger partial charge in [-0.25, -0.2) is 0 Å². The van der Waals surface area contributed by atoms with Crippen LogP contribution in [0.5, 0.6) is 0 Å². The maximum absolute atomic E-state index is 12.6. The number of hydrogen-bond acceptors (Lipinski definition) is 1. The van der Waals surface area contributed by atoms with E-state index in [9.17, 15) is 4.79 Å². The van der Waals surface area contributed by atoms with Gasteiger partial charge < -0.3 is 5.32 Å². The molecule has 3 aliphatic carbocycles. The highest BCUT2D eigenvalue weighted by molar-refractivity contribution is 9.09. The summed E-state index contributed by atoms with van der Waals surface area (Å²) in [6.45, 7) is 2.33. The second-order valence-electron chi connectivity index (χ2n) is 7.22. The number of fused-ring (bicyclic) bond motifs is 1. The van der Waals surface area contributed by atoms with E-state index in [0.29, 0.717) is 11.8 Å². The van der Waals surface area contributed by atoms with E-state index in [4.69, 9.17) is 0 Å². The molecule has 19 heavy (non-hydrogen) atoms. The Kier molecular flexibility index (Phi) is 3.94. The zero-order valence-electron chi connectivity index (χ0n) is 12.0. The minimum Gasteiger partial charge on any atom is -0.350 e. The SMILES string of the molecule is CC1CCC(CBr)(NC(=O)C2C3CCCCC32)CC1. The smallest absolute Gasteiger partial charge is 0.224 e. The van der Waals surface area contributed by atoms with Gasteiger partial charge in [0.05, 0.1) is 0 Å². The quantitative estimate of drug-likeness (QED) is 0.783. The third-order valence-corrected chi connectivity index (χ3v) is 6.91. The molecule has 3 aliphatic rings. The highest BCUT2D eigenvalue weighted by Crippen LogP contribution is 2.55. The largest absolute Gasteiger partial charge is 0.350 e. The van der Waals surface area contributed by atoms with Crippen LogP contribution in [0.25, 0.3) is 0 Å². The lowest BCUT2D eigenvalue weighted by Gasteiger charge is -2.39. The topological polar surface area (TPSA) is 29.1 Å². The molecular weight excluding hydrogens is 302 g/mol. The van der Waals surface area contributed by atoms with Crippen LogP contribution in [0.15, 0.2) is 0 Å².